The van der Waals surface area contributed by atoms with Crippen LogP contribution in [0.3, 0.4) is 0 Å². The van der Waals surface area contributed by atoms with E-state index in [1.165, 1.54) is 31.1 Å². The first-order valence-electron chi connectivity index (χ1n) is 23.3. The zero-order chi connectivity index (χ0) is 53.3. The van der Waals surface area contributed by atoms with Gasteiger partial charge in [0.2, 0.25) is 65.0 Å². The number of hydrogen-bond donors (Lipinski definition) is 10. The second-order valence-electron chi connectivity index (χ2n) is 18.2. The van der Waals surface area contributed by atoms with Crippen LogP contribution in [0.25, 0.3) is 0 Å². The summed E-state index contributed by atoms with van der Waals surface area (Å²) < 4.78 is 0. The Morgan fingerprint density at radius 1 is 0.803 bits per heavy atom. The molecule has 394 valence electrons. The predicted octanol–water partition coefficient (Wildman–Crippen LogP) is -2.92. The number of nitrogens with two attached hydrogens (primary N) is 4. The fourth-order valence-electron chi connectivity index (χ4n) is 7.93. The maximum Gasteiger partial charge on any atom is 0.246 e. The van der Waals surface area contributed by atoms with Crippen molar-refractivity contribution >= 4 is 86.6 Å². The Balaban J connectivity index is 2.12. The van der Waals surface area contributed by atoms with Crippen LogP contribution < -0.4 is 49.5 Å². The largest absolute Gasteiger partial charge is 0.508 e. The Labute approximate surface area is 420 Å². The molecule has 0 radical (unpaired) electrons. The molecule has 0 bridgehead atoms. The fraction of sp³-hybridized carbons (Fsp3) is 0.622. The second kappa shape index (κ2) is 28.0. The third kappa shape index (κ3) is 17.9. The number of amides is 11. The molecule has 2 aliphatic rings. The quantitative estimate of drug-likeness (QED) is 0.0699. The molecule has 0 aliphatic carbocycles. The number of benzene rings is 1. The lowest BCUT2D eigenvalue weighted by molar-refractivity contribution is -0.148. The molecule has 0 spiro atoms. The average Bonchev–Trinajstić information content (AvgIpc) is 3.81. The monoisotopic (exact) mass is 1030 g/mol. The van der Waals surface area contributed by atoms with Crippen molar-refractivity contribution in [3.63, 3.8) is 0 Å². The van der Waals surface area contributed by atoms with Crippen molar-refractivity contribution in [1.82, 2.24) is 41.3 Å². The van der Waals surface area contributed by atoms with E-state index in [2.05, 4.69) is 26.6 Å². The molecule has 2 saturated heterocycles. The third-order valence-corrected chi connectivity index (χ3v) is 14.6. The minimum absolute atomic E-state index is 0.0408. The van der Waals surface area contributed by atoms with Crippen LogP contribution in [0.2, 0.25) is 0 Å². The minimum Gasteiger partial charge on any atom is -0.508 e. The molecule has 0 aromatic heterocycles. The highest BCUT2D eigenvalue weighted by Crippen LogP contribution is 2.28. The van der Waals surface area contributed by atoms with Gasteiger partial charge in [0.05, 0.1) is 19.0 Å². The summed E-state index contributed by atoms with van der Waals surface area (Å²) in [6.07, 6.45) is -0.638. The Hall–Kier alpha value is -6.15. The molecule has 14 N–H and O–H groups in total. The molecule has 2 aliphatic heterocycles. The molecule has 2 heterocycles. The number of carbonyl (C=O) groups excluding carboxylic acids is 11. The van der Waals surface area contributed by atoms with Crippen molar-refractivity contribution in [3.8, 4) is 5.75 Å². The van der Waals surface area contributed by atoms with Gasteiger partial charge < -0.3 is 69.3 Å². The van der Waals surface area contributed by atoms with Gasteiger partial charge in [-0.2, -0.15) is 0 Å². The van der Waals surface area contributed by atoms with Gasteiger partial charge in [0.1, 0.15) is 48.0 Å². The smallest absolute Gasteiger partial charge is 0.246 e. The summed E-state index contributed by atoms with van der Waals surface area (Å²) >= 11 is 0. The highest BCUT2D eigenvalue weighted by Gasteiger charge is 2.43. The molecule has 26 heteroatoms. The van der Waals surface area contributed by atoms with Crippen LogP contribution in [-0.4, -0.2) is 172 Å². The molecular weight excluding hydrogens is 965 g/mol. The van der Waals surface area contributed by atoms with Crippen molar-refractivity contribution < 1.29 is 57.8 Å². The summed E-state index contributed by atoms with van der Waals surface area (Å²) in [4.78, 5) is 152. The molecular formula is C45H70N12O12S2. The number of nitrogens with one attached hydrogen (secondary N) is 5. The van der Waals surface area contributed by atoms with Gasteiger partial charge in [-0.25, -0.2) is 0 Å². The maximum atomic E-state index is 14.8. The Kier molecular flexibility index (Phi) is 23.4. The van der Waals surface area contributed by atoms with Crippen LogP contribution in [-0.2, 0) is 59.2 Å². The SMILES string of the molecule is CC[C@H](C)[C@@H]1NC(=O)[C@H](Cc2ccc(O)cc2)N(C)C(=O)[C@@H](N)CSSC[C@@H](C(=O)N2CCC[C@H]2C(=O)N[C@@H](CC(C)C)C(=O)NCC(N)=O)N(C)C(=O)[C@H](CC(N)=O)NC(=O)[C@H](CCC(N)=O)NC1=O. The molecule has 0 unspecified atom stereocenters. The van der Waals surface area contributed by atoms with E-state index in [1.807, 2.05) is 13.8 Å². The molecule has 3 rings (SSSR count). The van der Waals surface area contributed by atoms with Crippen molar-refractivity contribution in [1.29, 1.82) is 0 Å². The standard InChI is InChI=1S/C45H70N12O12S2/c1-7-24(4)37-42(66)51-28(14-15-34(47)59)39(63)53-30(19-35(48)60)44(68)56(6)33(45(69)57-16-8-9-31(57)40(64)52-29(17-23(2)3)38(62)50-20-36(49)61)22-71-70-21-27(46)43(67)55(5)32(41(65)54-37)18-25-10-12-26(58)13-11-25/h10-13,23-24,27-33,37,58H,7-9,14-22,46H2,1-6H3,(H2,47,59)(H2,48,60)(H2,49,61)(H,50,62)(H,51,66)(H,52,64)(H,53,63)(H,54,65)/t24-,27-,28-,29-,30-,31-,32-,33-,37-/m0/s1. The lowest BCUT2D eigenvalue weighted by atomic mass is 9.96. The normalized spacial score (nSPS) is 24.3. The van der Waals surface area contributed by atoms with Crippen LogP contribution in [0.4, 0.5) is 0 Å². The molecule has 9 atom stereocenters. The fourth-order valence-corrected chi connectivity index (χ4v) is 10.3. The van der Waals surface area contributed by atoms with E-state index in [9.17, 15) is 57.8 Å². The zero-order valence-corrected chi connectivity index (χ0v) is 42.6. The van der Waals surface area contributed by atoms with Gasteiger partial charge in [-0.05, 0) is 55.2 Å². The van der Waals surface area contributed by atoms with Gasteiger partial charge in [0, 0.05) is 45.0 Å². The van der Waals surface area contributed by atoms with Crippen molar-refractivity contribution in [2.75, 3.05) is 38.7 Å². The molecule has 1 aromatic carbocycles. The number of hydrogen-bond acceptors (Lipinski definition) is 15. The molecule has 24 nitrogen and oxygen atoms in total. The minimum atomic E-state index is -1.74. The Bertz CT molecular complexity index is 2120. The van der Waals surface area contributed by atoms with Crippen molar-refractivity contribution in [2.45, 2.75) is 127 Å². The third-order valence-electron chi connectivity index (χ3n) is 12.2. The molecule has 2 fully saturated rings. The van der Waals surface area contributed by atoms with Gasteiger partial charge in [-0.3, -0.25) is 52.7 Å². The first kappa shape index (κ1) is 59.2. The van der Waals surface area contributed by atoms with Crippen LogP contribution >= 0.6 is 21.6 Å². The number of nitrogens with zero attached hydrogens (tertiary/aromatic N) is 3. The van der Waals surface area contributed by atoms with Crippen molar-refractivity contribution in [3.05, 3.63) is 29.8 Å². The molecule has 1 aromatic rings. The average molecular weight is 1040 g/mol. The number of primary amides is 3. The van der Waals surface area contributed by atoms with E-state index in [-0.39, 0.29) is 49.0 Å². The number of carbonyl (C=O) groups is 11. The molecule has 11 amide bonds. The van der Waals surface area contributed by atoms with Gasteiger partial charge in [-0.15, -0.1) is 0 Å². The van der Waals surface area contributed by atoms with E-state index < -0.39 is 145 Å². The first-order chi connectivity index (χ1) is 33.4. The summed E-state index contributed by atoms with van der Waals surface area (Å²) in [5.41, 5.74) is 23.2. The van der Waals surface area contributed by atoms with Crippen LogP contribution in [0, 0.1) is 11.8 Å². The van der Waals surface area contributed by atoms with E-state index in [0.29, 0.717) is 18.4 Å². The summed E-state index contributed by atoms with van der Waals surface area (Å²) in [5.74, 6) is -10.0. The maximum absolute atomic E-state index is 14.8. The Morgan fingerprint density at radius 3 is 2.03 bits per heavy atom. The lowest BCUT2D eigenvalue weighted by Crippen LogP contribution is -2.62. The highest BCUT2D eigenvalue weighted by atomic mass is 33.1. The molecule has 71 heavy (non-hydrogen) atoms. The number of aromatic hydroxyl groups is 1. The molecule has 0 saturated carbocycles. The van der Waals surface area contributed by atoms with Gasteiger partial charge in [0.25, 0.3) is 0 Å². The summed E-state index contributed by atoms with van der Waals surface area (Å²) in [6.45, 7) is 6.65. The number of likely N-dealkylation sites (N-methyl/N-ethyl adjacent to an activating group) is 2. The van der Waals surface area contributed by atoms with E-state index in [4.69, 9.17) is 22.9 Å². The van der Waals surface area contributed by atoms with Crippen LogP contribution in [0.15, 0.2) is 24.3 Å². The summed E-state index contributed by atoms with van der Waals surface area (Å²) in [5, 5.41) is 22.8. The zero-order valence-electron chi connectivity index (χ0n) is 41.0. The first-order valence-corrected chi connectivity index (χ1v) is 25.8. The van der Waals surface area contributed by atoms with Crippen LogP contribution in [0.5, 0.6) is 5.75 Å². The predicted molar refractivity (Wildman–Crippen MR) is 264 cm³/mol. The lowest BCUT2D eigenvalue weighted by Gasteiger charge is -2.35. The second-order valence-corrected chi connectivity index (χ2v) is 20.8. The van der Waals surface area contributed by atoms with E-state index in [1.54, 1.807) is 26.0 Å². The summed E-state index contributed by atoms with van der Waals surface area (Å²) in [6, 6.07) is -4.84. The van der Waals surface area contributed by atoms with E-state index >= 15 is 0 Å². The highest BCUT2D eigenvalue weighted by molar-refractivity contribution is 8.76. The topological polar surface area (TPSA) is 382 Å². The van der Waals surface area contributed by atoms with E-state index in [0.717, 1.165) is 31.4 Å². The van der Waals surface area contributed by atoms with Gasteiger partial charge in [-0.1, -0.05) is 67.8 Å². The Morgan fingerprint density at radius 2 is 1.44 bits per heavy atom. The number of phenols is 1. The summed E-state index contributed by atoms with van der Waals surface area (Å²) in [7, 11) is 4.73. The van der Waals surface area contributed by atoms with Gasteiger partial charge in [0.15, 0.2) is 0 Å². The number of phenolic OH excluding ortho intramolecular Hbond substituents is 1. The van der Waals surface area contributed by atoms with Crippen LogP contribution in [0.1, 0.15) is 78.2 Å². The number of likely N-dealkylation sites (tertiary alicyclic amines) is 1. The van der Waals surface area contributed by atoms with Crippen molar-refractivity contribution in [2.24, 2.45) is 34.8 Å². The number of rotatable bonds is 17. The van der Waals surface area contributed by atoms with Gasteiger partial charge >= 0.3 is 0 Å².